The van der Waals surface area contributed by atoms with Gasteiger partial charge in [0, 0.05) is 7.05 Å². The highest BCUT2D eigenvalue weighted by atomic mass is 19.1. The Bertz CT molecular complexity index is 295. The maximum Gasteiger partial charge on any atom is 0.146 e. The Morgan fingerprint density at radius 3 is 3.08 bits per heavy atom. The highest BCUT2D eigenvalue weighted by Gasteiger charge is 2.21. The van der Waals surface area contributed by atoms with Gasteiger partial charge in [0.1, 0.15) is 11.9 Å². The molecule has 1 unspecified atom stereocenters. The quantitative estimate of drug-likeness (QED) is 0.615. The van der Waals surface area contributed by atoms with Gasteiger partial charge in [-0.25, -0.2) is 4.39 Å². The summed E-state index contributed by atoms with van der Waals surface area (Å²) in [5, 5.41) is 7.74. The third-order valence-corrected chi connectivity index (χ3v) is 2.64. The van der Waals surface area contributed by atoms with Crippen molar-refractivity contribution in [2.75, 3.05) is 0 Å². The van der Waals surface area contributed by atoms with Crippen molar-refractivity contribution in [1.82, 2.24) is 15.0 Å². The molecule has 72 valence electrons. The Hall–Kier alpha value is -0.930. The van der Waals surface area contributed by atoms with Crippen LogP contribution in [0.3, 0.4) is 0 Å². The third-order valence-electron chi connectivity index (χ3n) is 2.64. The van der Waals surface area contributed by atoms with Gasteiger partial charge in [-0.3, -0.25) is 4.68 Å². The van der Waals surface area contributed by atoms with Crippen LogP contribution in [0.1, 0.15) is 43.2 Å². The van der Waals surface area contributed by atoms with Crippen LogP contribution in [0, 0.1) is 0 Å². The zero-order chi connectivity index (χ0) is 9.26. The number of aromatic nitrogens is 3. The Labute approximate surface area is 76.9 Å². The smallest absolute Gasteiger partial charge is 0.146 e. The summed E-state index contributed by atoms with van der Waals surface area (Å²) >= 11 is 0. The molecule has 0 fully saturated rings. The van der Waals surface area contributed by atoms with Crippen LogP contribution in [-0.4, -0.2) is 15.0 Å². The lowest BCUT2D eigenvalue weighted by Gasteiger charge is -2.12. The predicted molar refractivity (Wildman–Crippen MR) is 47.0 cm³/mol. The van der Waals surface area contributed by atoms with E-state index in [0.717, 1.165) is 31.4 Å². The summed E-state index contributed by atoms with van der Waals surface area (Å²) in [4.78, 5) is 0. The molecule has 1 aliphatic carbocycles. The molecule has 0 radical (unpaired) electrons. The second-order valence-corrected chi connectivity index (χ2v) is 3.61. The van der Waals surface area contributed by atoms with Crippen LogP contribution in [0.5, 0.6) is 0 Å². The van der Waals surface area contributed by atoms with Crippen molar-refractivity contribution in [3.63, 3.8) is 0 Å². The molecule has 1 aromatic rings. The molecule has 1 aromatic heterocycles. The normalized spacial score (nSPS) is 23.4. The van der Waals surface area contributed by atoms with E-state index in [1.54, 1.807) is 4.68 Å². The molecule has 0 N–H and O–H groups in total. The molecule has 1 aliphatic rings. The van der Waals surface area contributed by atoms with Gasteiger partial charge in [0.05, 0.1) is 5.69 Å². The van der Waals surface area contributed by atoms with Crippen LogP contribution in [0.4, 0.5) is 4.39 Å². The molecule has 0 saturated heterocycles. The van der Waals surface area contributed by atoms with E-state index >= 15 is 0 Å². The van der Waals surface area contributed by atoms with Gasteiger partial charge in [-0.05, 0) is 19.3 Å². The Balaban J connectivity index is 2.33. The molecule has 13 heavy (non-hydrogen) atoms. The van der Waals surface area contributed by atoms with Crippen LogP contribution in [0.25, 0.3) is 0 Å². The number of hydrogen-bond acceptors (Lipinski definition) is 2. The first-order valence-electron chi connectivity index (χ1n) is 4.81. The van der Waals surface area contributed by atoms with Crippen LogP contribution in [-0.2, 0) is 13.5 Å². The summed E-state index contributed by atoms with van der Waals surface area (Å²) in [6, 6.07) is 0. The van der Waals surface area contributed by atoms with Gasteiger partial charge in [0.2, 0.25) is 0 Å². The minimum Gasteiger partial charge on any atom is -0.252 e. The molecule has 0 spiro atoms. The van der Waals surface area contributed by atoms with Crippen molar-refractivity contribution in [1.29, 1.82) is 0 Å². The average molecular weight is 183 g/mol. The molecule has 1 atom stereocenters. The van der Waals surface area contributed by atoms with Gasteiger partial charge in [-0.15, -0.1) is 5.10 Å². The van der Waals surface area contributed by atoms with E-state index in [1.165, 1.54) is 0 Å². The number of fused-ring (bicyclic) bond motifs is 1. The summed E-state index contributed by atoms with van der Waals surface area (Å²) in [6.07, 6.45) is 3.83. The third kappa shape index (κ3) is 1.57. The lowest BCUT2D eigenvalue weighted by molar-refractivity contribution is 0.298. The van der Waals surface area contributed by atoms with E-state index in [4.69, 9.17) is 0 Å². The molecule has 0 amide bonds. The van der Waals surface area contributed by atoms with Crippen LogP contribution in [0.15, 0.2) is 0 Å². The zero-order valence-electron chi connectivity index (χ0n) is 7.83. The Kier molecular flexibility index (Phi) is 2.29. The monoisotopic (exact) mass is 183 g/mol. The first-order valence-corrected chi connectivity index (χ1v) is 4.81. The minimum atomic E-state index is -0.899. The summed E-state index contributed by atoms with van der Waals surface area (Å²) in [6.45, 7) is 0. The van der Waals surface area contributed by atoms with Crippen molar-refractivity contribution in [3.05, 3.63) is 11.4 Å². The topological polar surface area (TPSA) is 30.7 Å². The van der Waals surface area contributed by atoms with Gasteiger partial charge in [0.15, 0.2) is 0 Å². The lowest BCUT2D eigenvalue weighted by atomic mass is 10.00. The van der Waals surface area contributed by atoms with E-state index in [-0.39, 0.29) is 0 Å². The molecule has 0 saturated carbocycles. The van der Waals surface area contributed by atoms with Crippen molar-refractivity contribution >= 4 is 0 Å². The van der Waals surface area contributed by atoms with E-state index in [0.29, 0.717) is 12.1 Å². The first kappa shape index (κ1) is 8.66. The van der Waals surface area contributed by atoms with Gasteiger partial charge in [-0.1, -0.05) is 18.1 Å². The number of nitrogens with zero attached hydrogens (tertiary/aromatic N) is 3. The van der Waals surface area contributed by atoms with Gasteiger partial charge in [-0.2, -0.15) is 0 Å². The molecular formula is C9H14FN3. The number of aryl methyl sites for hydroxylation is 1. The second kappa shape index (κ2) is 3.44. The maximum atomic E-state index is 13.5. The van der Waals surface area contributed by atoms with Gasteiger partial charge in [0.25, 0.3) is 0 Å². The zero-order valence-corrected chi connectivity index (χ0v) is 7.83. The SMILES string of the molecule is Cn1nnc2c1CCCCCC2F. The molecule has 3 nitrogen and oxygen atoms in total. The standard InChI is InChI=1S/C9H14FN3/c1-13-8-6-4-2-3-5-7(10)9(8)11-12-13/h7H,2-6H2,1H3. The Morgan fingerprint density at radius 1 is 1.38 bits per heavy atom. The second-order valence-electron chi connectivity index (χ2n) is 3.61. The average Bonchev–Trinajstić information content (AvgIpc) is 2.43. The highest BCUT2D eigenvalue weighted by molar-refractivity contribution is 5.13. The maximum absolute atomic E-state index is 13.5. The largest absolute Gasteiger partial charge is 0.252 e. The van der Waals surface area contributed by atoms with Crippen molar-refractivity contribution in [2.24, 2.45) is 7.05 Å². The van der Waals surface area contributed by atoms with Crippen LogP contribution < -0.4 is 0 Å². The number of halogens is 1. The van der Waals surface area contributed by atoms with Crippen LogP contribution >= 0.6 is 0 Å². The van der Waals surface area contributed by atoms with E-state index in [2.05, 4.69) is 10.3 Å². The van der Waals surface area contributed by atoms with Gasteiger partial charge >= 0.3 is 0 Å². The fourth-order valence-corrected chi connectivity index (χ4v) is 1.86. The van der Waals surface area contributed by atoms with Crippen LogP contribution in [0.2, 0.25) is 0 Å². The number of alkyl halides is 1. The lowest BCUT2D eigenvalue weighted by Crippen LogP contribution is -2.05. The molecule has 0 bridgehead atoms. The van der Waals surface area contributed by atoms with Gasteiger partial charge < -0.3 is 0 Å². The number of rotatable bonds is 0. The predicted octanol–water partition coefficient (Wildman–Crippen LogP) is 1.94. The highest BCUT2D eigenvalue weighted by Crippen LogP contribution is 2.28. The van der Waals surface area contributed by atoms with E-state index in [9.17, 15) is 4.39 Å². The van der Waals surface area contributed by atoms with Crippen molar-refractivity contribution < 1.29 is 4.39 Å². The van der Waals surface area contributed by atoms with E-state index in [1.807, 2.05) is 7.05 Å². The molecule has 4 heteroatoms. The summed E-state index contributed by atoms with van der Waals surface area (Å²) in [7, 11) is 1.83. The summed E-state index contributed by atoms with van der Waals surface area (Å²) in [5.41, 5.74) is 1.55. The minimum absolute atomic E-state index is 0.571. The summed E-state index contributed by atoms with van der Waals surface area (Å²) in [5.74, 6) is 0. The number of hydrogen-bond donors (Lipinski definition) is 0. The molecule has 0 aromatic carbocycles. The van der Waals surface area contributed by atoms with Crippen molar-refractivity contribution in [3.8, 4) is 0 Å². The molecule has 0 aliphatic heterocycles. The fraction of sp³-hybridized carbons (Fsp3) is 0.778. The van der Waals surface area contributed by atoms with Crippen molar-refractivity contribution in [2.45, 2.75) is 38.3 Å². The summed E-state index contributed by atoms with van der Waals surface area (Å²) < 4.78 is 15.2. The molecule has 2 rings (SSSR count). The fourth-order valence-electron chi connectivity index (χ4n) is 1.86. The van der Waals surface area contributed by atoms with E-state index < -0.39 is 6.17 Å². The molecule has 1 heterocycles. The Morgan fingerprint density at radius 2 is 2.23 bits per heavy atom. The molecular weight excluding hydrogens is 169 g/mol. The first-order chi connectivity index (χ1) is 6.29.